The molecule has 0 aliphatic carbocycles. The van der Waals surface area contributed by atoms with Crippen LogP contribution in [-0.4, -0.2) is 28.5 Å². The molecule has 0 aromatic heterocycles. The fourth-order valence-corrected chi connectivity index (χ4v) is 1.38. The van der Waals surface area contributed by atoms with Gasteiger partial charge in [-0.15, -0.1) is 0 Å². The molecule has 2 N–H and O–H groups in total. The zero-order valence-corrected chi connectivity index (χ0v) is 10.7. The van der Waals surface area contributed by atoms with E-state index >= 15 is 0 Å². The van der Waals surface area contributed by atoms with Gasteiger partial charge in [-0.25, -0.2) is 4.79 Å². The summed E-state index contributed by atoms with van der Waals surface area (Å²) in [5.41, 5.74) is -0.375. The van der Waals surface area contributed by atoms with Crippen molar-refractivity contribution in [3.05, 3.63) is 39.4 Å². The Hall–Kier alpha value is -2.88. The number of nitro groups is 1. The van der Waals surface area contributed by atoms with E-state index in [1.807, 2.05) is 0 Å². The van der Waals surface area contributed by atoms with Gasteiger partial charge < -0.3 is 10.4 Å². The largest absolute Gasteiger partial charge is 0.478 e. The molecule has 0 heterocycles. The standard InChI is InChI=1S/C13H12N2O5/c1-9(16)14-7-3-2-4-10-5-6-11(13(17)18)8-12(10)15(19)20/h5-6,8H,3,7H2,1H3,(H,14,16)(H,17,18). The van der Waals surface area contributed by atoms with Crippen molar-refractivity contribution < 1.29 is 19.6 Å². The van der Waals surface area contributed by atoms with Gasteiger partial charge in [0.2, 0.25) is 5.91 Å². The first kappa shape index (κ1) is 15.2. The molecule has 1 aromatic rings. The molecule has 1 aromatic carbocycles. The maximum absolute atomic E-state index is 10.9. The number of nitro benzene ring substituents is 1. The predicted molar refractivity (Wildman–Crippen MR) is 70.2 cm³/mol. The fourth-order valence-electron chi connectivity index (χ4n) is 1.38. The second-order valence-corrected chi connectivity index (χ2v) is 3.83. The van der Waals surface area contributed by atoms with Crippen LogP contribution in [0.15, 0.2) is 18.2 Å². The van der Waals surface area contributed by atoms with E-state index in [9.17, 15) is 19.7 Å². The molecular weight excluding hydrogens is 264 g/mol. The van der Waals surface area contributed by atoms with Gasteiger partial charge in [0.15, 0.2) is 0 Å². The summed E-state index contributed by atoms with van der Waals surface area (Å²) in [6.07, 6.45) is 0.345. The van der Waals surface area contributed by atoms with Crippen molar-refractivity contribution in [1.29, 1.82) is 0 Å². The van der Waals surface area contributed by atoms with Gasteiger partial charge in [-0.3, -0.25) is 14.9 Å². The van der Waals surface area contributed by atoms with Gasteiger partial charge in [0.1, 0.15) is 5.56 Å². The summed E-state index contributed by atoms with van der Waals surface area (Å²) in [6.45, 7) is 1.73. The zero-order valence-electron chi connectivity index (χ0n) is 10.7. The van der Waals surface area contributed by atoms with Crippen LogP contribution < -0.4 is 5.32 Å². The fraction of sp³-hybridized carbons (Fsp3) is 0.231. The first-order chi connectivity index (χ1) is 9.41. The molecule has 0 saturated heterocycles. The van der Waals surface area contributed by atoms with E-state index in [0.29, 0.717) is 13.0 Å². The molecule has 0 spiro atoms. The Balaban J connectivity index is 2.90. The van der Waals surface area contributed by atoms with Crippen molar-refractivity contribution in [2.24, 2.45) is 0 Å². The monoisotopic (exact) mass is 276 g/mol. The molecule has 0 aliphatic rings. The highest BCUT2D eigenvalue weighted by atomic mass is 16.6. The Morgan fingerprint density at radius 1 is 1.45 bits per heavy atom. The number of hydrogen-bond acceptors (Lipinski definition) is 4. The average molecular weight is 276 g/mol. The second kappa shape index (κ2) is 6.89. The van der Waals surface area contributed by atoms with E-state index < -0.39 is 10.9 Å². The van der Waals surface area contributed by atoms with Crippen LogP contribution in [0.3, 0.4) is 0 Å². The lowest BCUT2D eigenvalue weighted by Gasteiger charge is -1.98. The van der Waals surface area contributed by atoms with Crippen molar-refractivity contribution in [1.82, 2.24) is 5.32 Å². The minimum Gasteiger partial charge on any atom is -0.478 e. The normalized spacial score (nSPS) is 9.25. The number of carbonyl (C=O) groups excluding carboxylic acids is 1. The summed E-state index contributed by atoms with van der Waals surface area (Å²) < 4.78 is 0. The smallest absolute Gasteiger partial charge is 0.335 e. The Labute approximate surface area is 114 Å². The van der Waals surface area contributed by atoms with Crippen LogP contribution in [-0.2, 0) is 4.79 Å². The van der Waals surface area contributed by atoms with E-state index in [2.05, 4.69) is 17.2 Å². The first-order valence-electron chi connectivity index (χ1n) is 5.67. The summed E-state index contributed by atoms with van der Waals surface area (Å²) >= 11 is 0. The van der Waals surface area contributed by atoms with E-state index in [-0.39, 0.29) is 22.7 Å². The average Bonchev–Trinajstić information content (AvgIpc) is 2.37. The molecule has 1 amide bonds. The molecule has 1 rings (SSSR count). The number of carbonyl (C=O) groups is 2. The molecule has 0 bridgehead atoms. The lowest BCUT2D eigenvalue weighted by atomic mass is 10.1. The lowest BCUT2D eigenvalue weighted by Crippen LogP contribution is -2.20. The molecule has 20 heavy (non-hydrogen) atoms. The summed E-state index contributed by atoms with van der Waals surface area (Å²) in [5.74, 6) is 3.87. The summed E-state index contributed by atoms with van der Waals surface area (Å²) in [5, 5.41) is 22.2. The van der Waals surface area contributed by atoms with Crippen LogP contribution >= 0.6 is 0 Å². The minimum atomic E-state index is -1.24. The SMILES string of the molecule is CC(=O)NCCC#Cc1ccc(C(=O)O)cc1[N+](=O)[O-]. The van der Waals surface area contributed by atoms with Crippen molar-refractivity contribution in [2.45, 2.75) is 13.3 Å². The highest BCUT2D eigenvalue weighted by molar-refractivity contribution is 5.88. The van der Waals surface area contributed by atoms with E-state index in [4.69, 9.17) is 5.11 Å². The third-order valence-electron chi connectivity index (χ3n) is 2.29. The molecule has 104 valence electrons. The maximum Gasteiger partial charge on any atom is 0.335 e. The number of carboxylic acid groups (broad SMARTS) is 1. The van der Waals surface area contributed by atoms with Gasteiger partial charge in [-0.1, -0.05) is 11.8 Å². The number of amides is 1. The van der Waals surface area contributed by atoms with E-state index in [0.717, 1.165) is 6.07 Å². The quantitative estimate of drug-likeness (QED) is 0.371. The number of aromatic carboxylic acids is 1. The molecule has 0 aliphatic heterocycles. The lowest BCUT2D eigenvalue weighted by molar-refractivity contribution is -0.385. The zero-order chi connectivity index (χ0) is 15.1. The highest BCUT2D eigenvalue weighted by Crippen LogP contribution is 2.19. The van der Waals surface area contributed by atoms with Gasteiger partial charge in [0.25, 0.3) is 5.69 Å². The molecule has 0 unspecified atom stereocenters. The van der Waals surface area contributed by atoms with Crippen LogP contribution in [0.2, 0.25) is 0 Å². The van der Waals surface area contributed by atoms with Gasteiger partial charge in [-0.05, 0) is 12.1 Å². The molecule has 0 radical (unpaired) electrons. The van der Waals surface area contributed by atoms with Crippen molar-refractivity contribution in [3.63, 3.8) is 0 Å². The number of rotatable bonds is 4. The Bertz CT molecular complexity index is 613. The number of carboxylic acids is 1. The van der Waals surface area contributed by atoms with Crippen molar-refractivity contribution in [2.75, 3.05) is 6.54 Å². The van der Waals surface area contributed by atoms with Crippen LogP contribution in [0.4, 0.5) is 5.69 Å². The molecule has 7 nitrogen and oxygen atoms in total. The van der Waals surface area contributed by atoms with Crippen LogP contribution in [0.25, 0.3) is 0 Å². The summed E-state index contributed by atoms with van der Waals surface area (Å²) in [4.78, 5) is 31.6. The number of nitrogens with one attached hydrogen (secondary N) is 1. The van der Waals surface area contributed by atoms with Crippen LogP contribution in [0, 0.1) is 22.0 Å². The Morgan fingerprint density at radius 3 is 2.70 bits per heavy atom. The van der Waals surface area contributed by atoms with E-state index in [1.54, 1.807) is 0 Å². The third-order valence-corrected chi connectivity index (χ3v) is 2.29. The predicted octanol–water partition coefficient (Wildman–Crippen LogP) is 1.17. The summed E-state index contributed by atoms with van der Waals surface area (Å²) in [6, 6.07) is 3.53. The van der Waals surface area contributed by atoms with Gasteiger partial charge in [0, 0.05) is 26.0 Å². The maximum atomic E-state index is 10.9. The number of hydrogen-bond donors (Lipinski definition) is 2. The van der Waals surface area contributed by atoms with Crippen LogP contribution in [0.1, 0.15) is 29.3 Å². The number of nitrogens with zero attached hydrogens (tertiary/aromatic N) is 1. The van der Waals surface area contributed by atoms with Gasteiger partial charge in [-0.2, -0.15) is 0 Å². The molecular formula is C13H12N2O5. The Kier molecular flexibility index (Phi) is 5.23. The molecule has 7 heteroatoms. The van der Waals surface area contributed by atoms with Gasteiger partial charge >= 0.3 is 5.97 Å². The molecule has 0 saturated carbocycles. The highest BCUT2D eigenvalue weighted by Gasteiger charge is 2.15. The second-order valence-electron chi connectivity index (χ2n) is 3.83. The van der Waals surface area contributed by atoms with Crippen molar-refractivity contribution in [3.8, 4) is 11.8 Å². The Morgan fingerprint density at radius 2 is 2.15 bits per heavy atom. The molecule has 0 fully saturated rings. The van der Waals surface area contributed by atoms with Gasteiger partial charge in [0.05, 0.1) is 10.5 Å². The topological polar surface area (TPSA) is 110 Å². The van der Waals surface area contributed by atoms with Crippen molar-refractivity contribution >= 4 is 17.6 Å². The number of benzene rings is 1. The first-order valence-corrected chi connectivity index (χ1v) is 5.67. The minimum absolute atomic E-state index is 0.142. The molecule has 0 atom stereocenters. The van der Waals surface area contributed by atoms with Crippen LogP contribution in [0.5, 0.6) is 0 Å². The summed E-state index contributed by atoms with van der Waals surface area (Å²) in [7, 11) is 0. The van der Waals surface area contributed by atoms with E-state index in [1.165, 1.54) is 19.1 Å². The third kappa shape index (κ3) is 4.42.